The Morgan fingerprint density at radius 3 is 2.47 bits per heavy atom. The van der Waals surface area contributed by atoms with E-state index in [0.29, 0.717) is 5.41 Å². The number of rotatable bonds is 9. The minimum absolute atomic E-state index is 0.276. The first-order valence-electron chi connectivity index (χ1n) is 8.02. The van der Waals surface area contributed by atoms with Crippen molar-refractivity contribution in [1.82, 2.24) is 5.32 Å². The third kappa shape index (κ3) is 6.24. The van der Waals surface area contributed by atoms with Crippen molar-refractivity contribution in [2.75, 3.05) is 32.8 Å². The van der Waals surface area contributed by atoms with Gasteiger partial charge in [0.2, 0.25) is 0 Å². The first kappa shape index (κ1) is 16.9. The van der Waals surface area contributed by atoms with Crippen LogP contribution in [0.5, 0.6) is 0 Å². The average Bonchev–Trinajstić information content (AvgIpc) is 2.40. The molecule has 0 saturated carbocycles. The molecular formula is C16H34N2O. The Balaban J connectivity index is 2.26. The summed E-state index contributed by atoms with van der Waals surface area (Å²) in [5.41, 5.74) is 6.67. The minimum Gasteiger partial charge on any atom is -0.381 e. The summed E-state index contributed by atoms with van der Waals surface area (Å²) in [5.74, 6) is 0. The molecule has 0 amide bonds. The Bertz CT molecular complexity index is 235. The molecular weight excluding hydrogens is 236 g/mol. The van der Waals surface area contributed by atoms with Gasteiger partial charge in [-0.05, 0) is 36.6 Å². The zero-order chi connectivity index (χ0) is 14.2. The standard InChI is InChI=1S/C16H34N2O/c1-4-5-6-7-15(2,3)13-18-14-16(12-17)8-10-19-11-9-16/h18H,4-14,17H2,1-3H3. The summed E-state index contributed by atoms with van der Waals surface area (Å²) in [7, 11) is 0. The van der Waals surface area contributed by atoms with Crippen molar-refractivity contribution in [1.29, 1.82) is 0 Å². The largest absolute Gasteiger partial charge is 0.381 e. The fourth-order valence-electron chi connectivity index (χ4n) is 2.87. The van der Waals surface area contributed by atoms with E-state index in [9.17, 15) is 0 Å². The first-order chi connectivity index (χ1) is 9.04. The van der Waals surface area contributed by atoms with Crippen LogP contribution >= 0.6 is 0 Å². The quantitative estimate of drug-likeness (QED) is 0.633. The van der Waals surface area contributed by atoms with E-state index in [1.807, 2.05) is 0 Å². The zero-order valence-electron chi connectivity index (χ0n) is 13.3. The van der Waals surface area contributed by atoms with Crippen LogP contribution in [0.25, 0.3) is 0 Å². The number of nitrogens with one attached hydrogen (secondary N) is 1. The predicted octanol–water partition coefficient (Wildman–Crippen LogP) is 2.94. The zero-order valence-corrected chi connectivity index (χ0v) is 13.3. The lowest BCUT2D eigenvalue weighted by Crippen LogP contribution is -2.46. The van der Waals surface area contributed by atoms with Crippen molar-refractivity contribution in [2.45, 2.75) is 59.3 Å². The second-order valence-electron chi connectivity index (χ2n) is 7.04. The van der Waals surface area contributed by atoms with Gasteiger partial charge in [0.1, 0.15) is 0 Å². The lowest BCUT2D eigenvalue weighted by Gasteiger charge is -2.37. The Labute approximate surface area is 119 Å². The number of unbranched alkanes of at least 4 members (excludes halogenated alkanes) is 2. The third-order valence-electron chi connectivity index (χ3n) is 4.55. The lowest BCUT2D eigenvalue weighted by molar-refractivity contribution is 0.0182. The molecule has 1 fully saturated rings. The molecule has 1 rings (SSSR count). The highest BCUT2D eigenvalue weighted by atomic mass is 16.5. The van der Waals surface area contributed by atoms with Crippen LogP contribution in [0.3, 0.4) is 0 Å². The highest BCUT2D eigenvalue weighted by Crippen LogP contribution is 2.29. The Morgan fingerprint density at radius 2 is 1.89 bits per heavy atom. The number of hydrogen-bond acceptors (Lipinski definition) is 3. The van der Waals surface area contributed by atoms with Crippen molar-refractivity contribution in [3.05, 3.63) is 0 Å². The van der Waals surface area contributed by atoms with E-state index in [1.54, 1.807) is 0 Å². The van der Waals surface area contributed by atoms with Gasteiger partial charge in [-0.15, -0.1) is 0 Å². The van der Waals surface area contributed by atoms with E-state index in [2.05, 4.69) is 26.1 Å². The minimum atomic E-state index is 0.276. The molecule has 3 N–H and O–H groups in total. The van der Waals surface area contributed by atoms with Gasteiger partial charge >= 0.3 is 0 Å². The van der Waals surface area contributed by atoms with Crippen LogP contribution in [0.15, 0.2) is 0 Å². The summed E-state index contributed by atoms with van der Waals surface area (Å²) in [4.78, 5) is 0. The van der Waals surface area contributed by atoms with Gasteiger partial charge in [0.05, 0.1) is 0 Å². The van der Waals surface area contributed by atoms with Gasteiger partial charge in [-0.25, -0.2) is 0 Å². The Morgan fingerprint density at radius 1 is 1.21 bits per heavy atom. The summed E-state index contributed by atoms with van der Waals surface area (Å²) in [6.45, 7) is 11.7. The molecule has 0 unspecified atom stereocenters. The number of nitrogens with two attached hydrogens (primary N) is 1. The van der Waals surface area contributed by atoms with Crippen LogP contribution in [0, 0.1) is 10.8 Å². The summed E-state index contributed by atoms with van der Waals surface area (Å²) in [5, 5.41) is 3.68. The molecule has 114 valence electrons. The van der Waals surface area contributed by atoms with Crippen LogP contribution < -0.4 is 11.1 Å². The summed E-state index contributed by atoms with van der Waals surface area (Å²) >= 11 is 0. The van der Waals surface area contributed by atoms with E-state index >= 15 is 0 Å². The number of hydrogen-bond donors (Lipinski definition) is 2. The molecule has 0 aromatic carbocycles. The van der Waals surface area contributed by atoms with Crippen molar-refractivity contribution in [2.24, 2.45) is 16.6 Å². The maximum Gasteiger partial charge on any atom is 0.0472 e. The highest BCUT2D eigenvalue weighted by molar-refractivity contribution is 4.86. The van der Waals surface area contributed by atoms with Crippen LogP contribution in [0.4, 0.5) is 0 Å². The van der Waals surface area contributed by atoms with E-state index < -0.39 is 0 Å². The van der Waals surface area contributed by atoms with Crippen LogP contribution in [-0.4, -0.2) is 32.8 Å². The fourth-order valence-corrected chi connectivity index (χ4v) is 2.87. The highest BCUT2D eigenvalue weighted by Gasteiger charge is 2.31. The number of ether oxygens (including phenoxy) is 1. The third-order valence-corrected chi connectivity index (χ3v) is 4.55. The van der Waals surface area contributed by atoms with Gasteiger partial charge in [-0.1, -0.05) is 40.0 Å². The second-order valence-corrected chi connectivity index (χ2v) is 7.04. The molecule has 1 aliphatic rings. The molecule has 0 aromatic heterocycles. The van der Waals surface area contributed by atoms with E-state index in [0.717, 1.165) is 45.7 Å². The smallest absolute Gasteiger partial charge is 0.0472 e. The molecule has 1 heterocycles. The van der Waals surface area contributed by atoms with Gasteiger partial charge < -0.3 is 15.8 Å². The normalized spacial score (nSPS) is 19.6. The molecule has 19 heavy (non-hydrogen) atoms. The Hall–Kier alpha value is -0.120. The van der Waals surface area contributed by atoms with Gasteiger partial charge in [0, 0.05) is 26.3 Å². The molecule has 0 bridgehead atoms. The maximum atomic E-state index is 5.99. The molecule has 0 aromatic rings. The average molecular weight is 270 g/mol. The van der Waals surface area contributed by atoms with Crippen molar-refractivity contribution in [3.63, 3.8) is 0 Å². The maximum absolute atomic E-state index is 5.99. The summed E-state index contributed by atoms with van der Waals surface area (Å²) < 4.78 is 5.46. The second kappa shape index (κ2) is 8.23. The molecule has 3 nitrogen and oxygen atoms in total. The van der Waals surface area contributed by atoms with Gasteiger partial charge in [0.25, 0.3) is 0 Å². The van der Waals surface area contributed by atoms with Crippen LogP contribution in [-0.2, 0) is 4.74 Å². The van der Waals surface area contributed by atoms with E-state index in [4.69, 9.17) is 10.5 Å². The van der Waals surface area contributed by atoms with Crippen LogP contribution in [0.2, 0.25) is 0 Å². The van der Waals surface area contributed by atoms with Crippen molar-refractivity contribution in [3.8, 4) is 0 Å². The Kier molecular flexibility index (Phi) is 7.33. The lowest BCUT2D eigenvalue weighted by atomic mass is 9.79. The summed E-state index contributed by atoms with van der Waals surface area (Å²) in [6.07, 6.45) is 7.53. The molecule has 3 heteroatoms. The van der Waals surface area contributed by atoms with E-state index in [-0.39, 0.29) is 5.41 Å². The molecule has 1 saturated heterocycles. The molecule has 0 atom stereocenters. The SMILES string of the molecule is CCCCCC(C)(C)CNCC1(CN)CCOCC1. The molecule has 0 radical (unpaired) electrons. The van der Waals surface area contributed by atoms with Gasteiger partial charge in [-0.3, -0.25) is 0 Å². The summed E-state index contributed by atoms with van der Waals surface area (Å²) in [6, 6.07) is 0. The molecule has 0 spiro atoms. The monoisotopic (exact) mass is 270 g/mol. The van der Waals surface area contributed by atoms with E-state index in [1.165, 1.54) is 25.7 Å². The van der Waals surface area contributed by atoms with Crippen molar-refractivity contribution >= 4 is 0 Å². The predicted molar refractivity (Wildman–Crippen MR) is 82.3 cm³/mol. The first-order valence-corrected chi connectivity index (χ1v) is 8.02. The molecule has 1 aliphatic heterocycles. The topological polar surface area (TPSA) is 47.3 Å². The van der Waals surface area contributed by atoms with Crippen LogP contribution in [0.1, 0.15) is 59.3 Å². The van der Waals surface area contributed by atoms with Gasteiger partial charge in [-0.2, -0.15) is 0 Å². The fraction of sp³-hybridized carbons (Fsp3) is 1.00. The van der Waals surface area contributed by atoms with Gasteiger partial charge in [0.15, 0.2) is 0 Å². The molecule has 0 aliphatic carbocycles. The van der Waals surface area contributed by atoms with Crippen molar-refractivity contribution < 1.29 is 4.74 Å².